The molecule has 1 N–H and O–H groups in total. The number of fused-ring (bicyclic) bond motifs is 4. The fourth-order valence-electron chi connectivity index (χ4n) is 5.98. The molecule has 3 aliphatic rings. The van der Waals surface area contributed by atoms with Gasteiger partial charge in [0.1, 0.15) is 18.1 Å². The Kier molecular flexibility index (Phi) is 6.49. The fourth-order valence-corrected chi connectivity index (χ4v) is 5.98. The van der Waals surface area contributed by atoms with Gasteiger partial charge in [-0.05, 0) is 78.3 Å². The van der Waals surface area contributed by atoms with Crippen LogP contribution >= 0.6 is 0 Å². The summed E-state index contributed by atoms with van der Waals surface area (Å²) in [6.07, 6.45) is -0.656. The Morgan fingerprint density at radius 1 is 0.905 bits per heavy atom. The number of ether oxygens (including phenoxy) is 2. The SMILES string of the molecule is O=C(OCc1cccc(C(F)(F)F)c1)c1ccccc1C1=c2cc3c(cc2Oc2cc4c(cc21)CCCN4)=NCCC3. The minimum Gasteiger partial charge on any atom is -0.457 e. The summed E-state index contributed by atoms with van der Waals surface area (Å²) in [6.45, 7) is 1.39. The van der Waals surface area contributed by atoms with E-state index in [-0.39, 0.29) is 12.2 Å². The maximum absolute atomic E-state index is 13.5. The van der Waals surface area contributed by atoms with Crippen molar-refractivity contribution in [2.24, 2.45) is 4.99 Å². The molecule has 4 aromatic rings. The van der Waals surface area contributed by atoms with Gasteiger partial charge in [0.2, 0.25) is 0 Å². The molecule has 0 saturated carbocycles. The summed E-state index contributed by atoms with van der Waals surface area (Å²) in [4.78, 5) is 18.2. The number of benzene rings is 4. The van der Waals surface area contributed by atoms with Gasteiger partial charge in [0.05, 0.1) is 16.5 Å². The lowest BCUT2D eigenvalue weighted by Gasteiger charge is -2.27. The van der Waals surface area contributed by atoms with Crippen LogP contribution in [0, 0.1) is 0 Å². The van der Waals surface area contributed by atoms with Crippen molar-refractivity contribution in [1.29, 1.82) is 0 Å². The first kappa shape index (κ1) is 26.3. The van der Waals surface area contributed by atoms with Gasteiger partial charge in [0, 0.05) is 47.3 Å². The first-order valence-corrected chi connectivity index (χ1v) is 14.1. The zero-order valence-corrected chi connectivity index (χ0v) is 22.7. The van der Waals surface area contributed by atoms with Crippen molar-refractivity contribution in [2.45, 2.75) is 38.5 Å². The van der Waals surface area contributed by atoms with E-state index in [1.807, 2.05) is 24.3 Å². The zero-order chi connectivity index (χ0) is 28.8. The second-order valence-electron chi connectivity index (χ2n) is 10.8. The second-order valence-corrected chi connectivity index (χ2v) is 10.8. The van der Waals surface area contributed by atoms with Crippen LogP contribution in [0.5, 0.6) is 11.5 Å². The second kappa shape index (κ2) is 10.4. The first-order valence-electron chi connectivity index (χ1n) is 14.1. The number of esters is 1. The van der Waals surface area contributed by atoms with Crippen LogP contribution in [0.3, 0.4) is 0 Å². The van der Waals surface area contributed by atoms with E-state index < -0.39 is 17.7 Å². The van der Waals surface area contributed by atoms with Crippen molar-refractivity contribution in [3.63, 3.8) is 0 Å². The standard InChI is InChI=1S/C34H27F3N2O3/c35-34(36,37)23-9-3-6-20(14-23)19-41-33(40)25-11-2-1-10-24(25)32-26-15-21-7-4-12-38-28(21)17-30(26)42-31-18-29-22(16-27(31)32)8-5-13-39-29/h1-3,6,9-11,14-18,38H,4-5,7-8,12-13,19H2. The van der Waals surface area contributed by atoms with Crippen LogP contribution in [0.2, 0.25) is 0 Å². The van der Waals surface area contributed by atoms with Crippen LogP contribution < -0.4 is 20.6 Å². The van der Waals surface area contributed by atoms with Gasteiger partial charge >= 0.3 is 12.1 Å². The van der Waals surface area contributed by atoms with Crippen LogP contribution in [0.15, 0.2) is 77.8 Å². The van der Waals surface area contributed by atoms with Gasteiger partial charge in [-0.15, -0.1) is 0 Å². The molecule has 8 heteroatoms. The number of aryl methyl sites for hydroxylation is 2. The Morgan fingerprint density at radius 3 is 2.64 bits per heavy atom. The minimum absolute atomic E-state index is 0.263. The van der Waals surface area contributed by atoms with Gasteiger partial charge in [0.25, 0.3) is 0 Å². The highest BCUT2D eigenvalue weighted by molar-refractivity contribution is 5.99. The van der Waals surface area contributed by atoms with E-state index in [9.17, 15) is 18.0 Å². The van der Waals surface area contributed by atoms with Crippen LogP contribution in [-0.4, -0.2) is 19.1 Å². The van der Waals surface area contributed by atoms with Crippen molar-refractivity contribution < 1.29 is 27.4 Å². The predicted molar refractivity (Wildman–Crippen MR) is 152 cm³/mol. The lowest BCUT2D eigenvalue weighted by atomic mass is 9.87. The van der Waals surface area contributed by atoms with Crippen molar-refractivity contribution in [2.75, 3.05) is 18.4 Å². The van der Waals surface area contributed by atoms with Gasteiger partial charge in [-0.25, -0.2) is 4.79 Å². The molecule has 0 radical (unpaired) electrons. The van der Waals surface area contributed by atoms with Crippen molar-refractivity contribution in [3.8, 4) is 11.5 Å². The molecule has 0 bridgehead atoms. The van der Waals surface area contributed by atoms with Crippen LogP contribution in [0.4, 0.5) is 18.9 Å². The van der Waals surface area contributed by atoms with Crippen molar-refractivity contribution in [3.05, 3.63) is 122 Å². The molecule has 42 heavy (non-hydrogen) atoms. The smallest absolute Gasteiger partial charge is 0.416 e. The van der Waals surface area contributed by atoms with E-state index in [0.717, 1.165) is 83.9 Å². The lowest BCUT2D eigenvalue weighted by molar-refractivity contribution is -0.137. The number of hydrogen-bond donors (Lipinski definition) is 1. The summed E-state index contributed by atoms with van der Waals surface area (Å²) in [5, 5.41) is 5.26. The summed E-state index contributed by atoms with van der Waals surface area (Å²) in [5.41, 5.74) is 5.59. The molecule has 0 amide bonds. The van der Waals surface area contributed by atoms with E-state index in [0.29, 0.717) is 22.6 Å². The summed E-state index contributed by atoms with van der Waals surface area (Å²) in [5.74, 6) is 0.746. The molecule has 4 aromatic carbocycles. The molecular formula is C34H27F3N2O3. The number of carbonyl (C=O) groups is 1. The number of hydrogen-bond acceptors (Lipinski definition) is 5. The predicted octanol–water partition coefficient (Wildman–Crippen LogP) is 6.34. The number of carbonyl (C=O) groups excluding carboxylic acids is 1. The number of rotatable bonds is 4. The molecule has 0 fully saturated rings. The molecule has 3 aliphatic heterocycles. The monoisotopic (exact) mass is 568 g/mol. The molecule has 0 aromatic heterocycles. The molecule has 0 unspecified atom stereocenters. The number of anilines is 1. The van der Waals surface area contributed by atoms with E-state index in [2.05, 4.69) is 17.4 Å². The summed E-state index contributed by atoms with van der Waals surface area (Å²) in [7, 11) is 0. The quantitative estimate of drug-likeness (QED) is 0.257. The number of alkyl halides is 3. The topological polar surface area (TPSA) is 59.9 Å². The molecule has 5 nitrogen and oxygen atoms in total. The molecule has 0 aliphatic carbocycles. The van der Waals surface area contributed by atoms with Gasteiger partial charge < -0.3 is 14.8 Å². The molecular weight excluding hydrogens is 541 g/mol. The summed E-state index contributed by atoms with van der Waals surface area (Å²) >= 11 is 0. The molecule has 0 saturated heterocycles. The highest BCUT2D eigenvalue weighted by Crippen LogP contribution is 2.41. The largest absolute Gasteiger partial charge is 0.457 e. The van der Waals surface area contributed by atoms with Gasteiger partial charge in [-0.3, -0.25) is 4.99 Å². The maximum Gasteiger partial charge on any atom is 0.416 e. The Labute approximate surface area is 240 Å². The maximum atomic E-state index is 13.5. The Morgan fingerprint density at radius 2 is 1.76 bits per heavy atom. The highest BCUT2D eigenvalue weighted by Gasteiger charge is 2.31. The Bertz CT molecular complexity index is 1860. The van der Waals surface area contributed by atoms with E-state index in [1.165, 1.54) is 17.7 Å². The zero-order valence-electron chi connectivity index (χ0n) is 22.7. The van der Waals surface area contributed by atoms with Crippen LogP contribution in [0.1, 0.15) is 56.6 Å². The number of nitrogens with zero attached hydrogens (tertiary/aromatic N) is 1. The van der Waals surface area contributed by atoms with E-state index >= 15 is 0 Å². The average Bonchev–Trinajstić information content (AvgIpc) is 3.00. The first-order chi connectivity index (χ1) is 20.3. The summed E-state index contributed by atoms with van der Waals surface area (Å²) in [6, 6.07) is 20.3. The van der Waals surface area contributed by atoms with Gasteiger partial charge in [-0.1, -0.05) is 30.3 Å². The average molecular weight is 569 g/mol. The molecule has 3 heterocycles. The van der Waals surface area contributed by atoms with Gasteiger partial charge in [0.15, 0.2) is 0 Å². The minimum atomic E-state index is -4.48. The molecule has 0 spiro atoms. The van der Waals surface area contributed by atoms with E-state index in [4.69, 9.17) is 14.5 Å². The molecule has 212 valence electrons. The van der Waals surface area contributed by atoms with Crippen LogP contribution in [-0.2, 0) is 30.4 Å². The van der Waals surface area contributed by atoms with E-state index in [1.54, 1.807) is 12.1 Å². The Balaban J connectivity index is 1.35. The fraction of sp³-hybridized carbons (Fsp3) is 0.235. The van der Waals surface area contributed by atoms with Gasteiger partial charge in [-0.2, -0.15) is 13.2 Å². The lowest BCUT2D eigenvalue weighted by Crippen LogP contribution is -2.26. The Hall–Kier alpha value is -4.59. The van der Waals surface area contributed by atoms with Crippen LogP contribution in [0.25, 0.3) is 5.57 Å². The number of halogens is 3. The third kappa shape index (κ3) is 4.81. The molecule has 7 rings (SSSR count). The summed E-state index contributed by atoms with van der Waals surface area (Å²) < 4.78 is 51.7. The van der Waals surface area contributed by atoms with Crippen molar-refractivity contribution in [1.82, 2.24) is 0 Å². The third-order valence-electron chi connectivity index (χ3n) is 8.01. The third-order valence-corrected chi connectivity index (χ3v) is 8.01. The highest BCUT2D eigenvalue weighted by atomic mass is 19.4. The normalized spacial score (nSPS) is 15.2. The number of nitrogens with one attached hydrogen (secondary N) is 1. The van der Waals surface area contributed by atoms with Crippen molar-refractivity contribution >= 4 is 17.2 Å². The molecule has 0 atom stereocenters.